The molecule has 0 atom stereocenters. The number of nitrogens with zero attached hydrogens (tertiary/aromatic N) is 2. The fourth-order valence-electron chi connectivity index (χ4n) is 5.87. The SMILES string of the molecule is CC(C)c1ccnc(-c2[c-]ccc3c2oc2c(-c4ccc([Si](C)(C)C)cc4)c(F)ccc23)c1.C[Si](C)(C)c1ccc(-c2[c-]cccc2)nc1.[Ir]. The number of benzene rings is 4. The number of halogens is 1. The molecule has 1 radical (unpaired) electrons. The molecule has 0 amide bonds. The molecule has 0 aliphatic carbocycles. The molecule has 3 aromatic heterocycles. The first kappa shape index (κ1) is 37.3. The van der Waals surface area contributed by atoms with Gasteiger partial charge in [0, 0.05) is 37.9 Å². The van der Waals surface area contributed by atoms with E-state index in [9.17, 15) is 0 Å². The molecular weight excluding hydrogens is 828 g/mol. The summed E-state index contributed by atoms with van der Waals surface area (Å²) in [7, 11) is -2.67. The van der Waals surface area contributed by atoms with Crippen molar-refractivity contribution in [3.8, 4) is 33.6 Å². The van der Waals surface area contributed by atoms with Crippen LogP contribution in [0.3, 0.4) is 0 Å². The number of furan rings is 1. The second kappa shape index (κ2) is 15.1. The maximum absolute atomic E-state index is 15.2. The molecule has 0 fully saturated rings. The molecule has 0 saturated heterocycles. The molecule has 257 valence electrons. The van der Waals surface area contributed by atoms with Crippen LogP contribution in [-0.2, 0) is 20.1 Å². The first-order valence-electron chi connectivity index (χ1n) is 16.9. The first-order valence-corrected chi connectivity index (χ1v) is 23.9. The van der Waals surface area contributed by atoms with Gasteiger partial charge in [-0.05, 0) is 46.3 Å². The Morgan fingerprint density at radius 1 is 0.680 bits per heavy atom. The zero-order chi connectivity index (χ0) is 34.9. The van der Waals surface area contributed by atoms with Crippen LogP contribution >= 0.6 is 0 Å². The quantitative estimate of drug-likeness (QED) is 0.123. The topological polar surface area (TPSA) is 38.9 Å². The van der Waals surface area contributed by atoms with E-state index in [1.165, 1.54) is 22.0 Å². The second-order valence-corrected chi connectivity index (χ2v) is 25.1. The van der Waals surface area contributed by atoms with E-state index in [0.29, 0.717) is 22.6 Å². The molecule has 0 saturated carbocycles. The summed E-state index contributed by atoms with van der Waals surface area (Å²) in [6.45, 7) is 18.2. The Morgan fingerprint density at radius 2 is 1.38 bits per heavy atom. The van der Waals surface area contributed by atoms with Crippen LogP contribution in [0.5, 0.6) is 0 Å². The van der Waals surface area contributed by atoms with E-state index in [4.69, 9.17) is 4.42 Å². The standard InChI is InChI=1S/C29H27FNOSi.C14H16NSi.Ir/c1-18(2)20-15-16-31-26(17-20)24-8-6-7-22-23-13-14-25(30)27(29(23)32-28(22)24)19-9-11-21(12-10-19)33(3,4)5;1-16(2,3)13-9-10-14(15-11-13)12-7-5-4-6-8-12;/h6-7,9-18H,1-5H3;4-7,9-11H,1-3H3;/q2*-1;. The molecule has 50 heavy (non-hydrogen) atoms. The minimum atomic E-state index is -1.44. The summed E-state index contributed by atoms with van der Waals surface area (Å²) in [5.41, 5.74) is 7.45. The number of pyridine rings is 2. The van der Waals surface area contributed by atoms with Crippen molar-refractivity contribution < 1.29 is 28.9 Å². The van der Waals surface area contributed by atoms with Crippen LogP contribution in [0.1, 0.15) is 25.3 Å². The minimum absolute atomic E-state index is 0. The largest absolute Gasteiger partial charge is 0.500 e. The Kier molecular flexibility index (Phi) is 11.2. The Hall–Kier alpha value is -4.01. The van der Waals surface area contributed by atoms with Crippen molar-refractivity contribution in [2.24, 2.45) is 0 Å². The van der Waals surface area contributed by atoms with Gasteiger partial charge in [-0.25, -0.2) is 4.39 Å². The Labute approximate surface area is 311 Å². The molecular formula is C43H43FIrN2OSi2-2. The smallest absolute Gasteiger partial charge is 0.134 e. The van der Waals surface area contributed by atoms with Crippen LogP contribution in [0.15, 0.2) is 114 Å². The van der Waals surface area contributed by atoms with Crippen LogP contribution in [0.4, 0.5) is 4.39 Å². The van der Waals surface area contributed by atoms with Crippen LogP contribution in [-0.4, -0.2) is 26.1 Å². The summed E-state index contributed by atoms with van der Waals surface area (Å²) < 4.78 is 21.6. The fraction of sp³-hybridized carbons (Fsp3) is 0.209. The van der Waals surface area contributed by atoms with Gasteiger partial charge < -0.3 is 14.4 Å². The van der Waals surface area contributed by atoms with E-state index >= 15 is 4.39 Å². The zero-order valence-electron chi connectivity index (χ0n) is 30.0. The summed E-state index contributed by atoms with van der Waals surface area (Å²) >= 11 is 0. The van der Waals surface area contributed by atoms with E-state index in [1.807, 2.05) is 67.0 Å². The Balaban J connectivity index is 0.000000241. The van der Waals surface area contributed by atoms with Crippen molar-refractivity contribution in [1.29, 1.82) is 0 Å². The minimum Gasteiger partial charge on any atom is -0.500 e. The van der Waals surface area contributed by atoms with Gasteiger partial charge in [-0.3, -0.25) is 0 Å². The fourth-order valence-corrected chi connectivity index (χ4v) is 8.07. The van der Waals surface area contributed by atoms with Gasteiger partial charge in [0.2, 0.25) is 0 Å². The molecule has 0 unspecified atom stereocenters. The van der Waals surface area contributed by atoms with E-state index in [2.05, 4.69) is 106 Å². The first-order chi connectivity index (χ1) is 23.3. The predicted octanol–water partition coefficient (Wildman–Crippen LogP) is 11.0. The molecule has 0 bridgehead atoms. The van der Waals surface area contributed by atoms with Gasteiger partial charge in [0.15, 0.2) is 0 Å². The predicted molar refractivity (Wildman–Crippen MR) is 210 cm³/mol. The van der Waals surface area contributed by atoms with Crippen molar-refractivity contribution in [2.75, 3.05) is 0 Å². The maximum Gasteiger partial charge on any atom is 0.134 e. The number of aromatic nitrogens is 2. The van der Waals surface area contributed by atoms with Crippen molar-refractivity contribution >= 4 is 48.5 Å². The Bertz CT molecular complexity index is 2220. The summed E-state index contributed by atoms with van der Waals surface area (Å²) in [6.07, 6.45) is 3.84. The number of hydrogen-bond acceptors (Lipinski definition) is 3. The number of fused-ring (bicyclic) bond motifs is 3. The second-order valence-electron chi connectivity index (χ2n) is 14.9. The third-order valence-corrected chi connectivity index (χ3v) is 13.0. The van der Waals surface area contributed by atoms with Crippen molar-refractivity contribution in [2.45, 2.75) is 59.0 Å². The third kappa shape index (κ3) is 7.97. The van der Waals surface area contributed by atoms with E-state index in [-0.39, 0.29) is 25.9 Å². The van der Waals surface area contributed by atoms with Crippen molar-refractivity contribution in [3.63, 3.8) is 0 Å². The van der Waals surface area contributed by atoms with Crippen LogP contribution < -0.4 is 10.4 Å². The monoisotopic (exact) mass is 871 g/mol. The average Bonchev–Trinajstić information content (AvgIpc) is 3.47. The summed E-state index contributed by atoms with van der Waals surface area (Å²) in [5.74, 6) is 0.106. The molecule has 3 heterocycles. The van der Waals surface area contributed by atoms with Gasteiger partial charge in [0.25, 0.3) is 0 Å². The molecule has 0 aliphatic heterocycles. The summed E-state index contributed by atoms with van der Waals surface area (Å²) in [6, 6.07) is 38.4. The van der Waals surface area contributed by atoms with Gasteiger partial charge >= 0.3 is 0 Å². The number of rotatable bonds is 6. The molecule has 0 N–H and O–H groups in total. The molecule has 7 aromatic rings. The van der Waals surface area contributed by atoms with E-state index < -0.39 is 16.1 Å². The maximum atomic E-state index is 15.2. The van der Waals surface area contributed by atoms with Gasteiger partial charge in [0.05, 0.1) is 27.3 Å². The van der Waals surface area contributed by atoms with Crippen LogP contribution in [0.25, 0.3) is 55.6 Å². The number of hydrogen-bond donors (Lipinski definition) is 0. The average molecular weight is 871 g/mol. The van der Waals surface area contributed by atoms with Gasteiger partial charge in [-0.1, -0.05) is 117 Å². The van der Waals surface area contributed by atoms with Gasteiger partial charge in [-0.15, -0.1) is 54.1 Å². The van der Waals surface area contributed by atoms with E-state index in [1.54, 1.807) is 6.07 Å². The molecule has 0 aliphatic rings. The van der Waals surface area contributed by atoms with Gasteiger partial charge in [0.1, 0.15) is 11.4 Å². The summed E-state index contributed by atoms with van der Waals surface area (Å²) in [5, 5.41) is 4.57. The van der Waals surface area contributed by atoms with Crippen molar-refractivity contribution in [1.82, 2.24) is 9.97 Å². The zero-order valence-corrected chi connectivity index (χ0v) is 34.4. The normalized spacial score (nSPS) is 11.7. The molecule has 7 heteroatoms. The molecule has 3 nitrogen and oxygen atoms in total. The Morgan fingerprint density at radius 3 is 2.00 bits per heavy atom. The third-order valence-electron chi connectivity index (χ3n) is 8.91. The molecule has 7 rings (SSSR count). The van der Waals surface area contributed by atoms with E-state index in [0.717, 1.165) is 38.9 Å². The van der Waals surface area contributed by atoms with Crippen LogP contribution in [0, 0.1) is 17.9 Å². The van der Waals surface area contributed by atoms with Crippen LogP contribution in [0.2, 0.25) is 39.3 Å². The molecule has 4 aromatic carbocycles. The molecule has 0 spiro atoms. The van der Waals surface area contributed by atoms with Crippen molar-refractivity contribution in [3.05, 3.63) is 133 Å². The summed E-state index contributed by atoms with van der Waals surface area (Å²) in [4.78, 5) is 9.10. The van der Waals surface area contributed by atoms with Gasteiger partial charge in [-0.2, -0.15) is 0 Å².